The highest BCUT2D eigenvalue weighted by atomic mass is 35.5. The van der Waals surface area contributed by atoms with Gasteiger partial charge in [-0.05, 0) is 12.1 Å². The summed E-state index contributed by atoms with van der Waals surface area (Å²) in [5, 5.41) is 9.12. The van der Waals surface area contributed by atoms with Gasteiger partial charge < -0.3 is 14.2 Å². The van der Waals surface area contributed by atoms with Crippen molar-refractivity contribution in [2.75, 3.05) is 31.2 Å². The number of nitrogens with zero attached hydrogens (tertiary/aromatic N) is 6. The van der Waals surface area contributed by atoms with Gasteiger partial charge in [-0.1, -0.05) is 35.0 Å². The van der Waals surface area contributed by atoms with E-state index in [4.69, 9.17) is 20.9 Å². The molecular formula is C21H18ClFN6O2. The first kappa shape index (κ1) is 19.7. The summed E-state index contributed by atoms with van der Waals surface area (Å²) < 4.78 is 26.3. The molecule has 4 aromatic rings. The fourth-order valence-corrected chi connectivity index (χ4v) is 3.67. The zero-order valence-corrected chi connectivity index (χ0v) is 17.2. The first-order valence-electron chi connectivity index (χ1n) is 9.76. The van der Waals surface area contributed by atoms with Crippen molar-refractivity contribution in [1.29, 1.82) is 0 Å². The largest absolute Gasteiger partial charge is 0.378 e. The monoisotopic (exact) mass is 440 g/mol. The maximum atomic E-state index is 14.3. The van der Waals surface area contributed by atoms with Crippen molar-refractivity contribution in [2.24, 2.45) is 0 Å². The molecule has 0 unspecified atom stereocenters. The topological polar surface area (TPSA) is 82.1 Å². The number of halogens is 2. The molecule has 0 bridgehead atoms. The van der Waals surface area contributed by atoms with Gasteiger partial charge in [-0.3, -0.25) is 4.68 Å². The molecule has 5 rings (SSSR count). The lowest BCUT2D eigenvalue weighted by Crippen LogP contribution is -2.37. The van der Waals surface area contributed by atoms with Gasteiger partial charge >= 0.3 is 0 Å². The molecule has 0 saturated carbocycles. The van der Waals surface area contributed by atoms with E-state index in [0.29, 0.717) is 65.6 Å². The maximum absolute atomic E-state index is 14.3. The lowest BCUT2D eigenvalue weighted by atomic mass is 10.2. The van der Waals surface area contributed by atoms with E-state index >= 15 is 0 Å². The molecule has 1 fully saturated rings. The van der Waals surface area contributed by atoms with Crippen LogP contribution in [0.15, 0.2) is 53.4 Å². The molecule has 1 saturated heterocycles. The van der Waals surface area contributed by atoms with Gasteiger partial charge in [0.2, 0.25) is 0 Å². The molecule has 158 valence electrons. The van der Waals surface area contributed by atoms with Crippen LogP contribution in [0, 0.1) is 5.82 Å². The van der Waals surface area contributed by atoms with Crippen LogP contribution in [0.4, 0.5) is 10.2 Å². The van der Waals surface area contributed by atoms with Gasteiger partial charge in [-0.25, -0.2) is 14.4 Å². The molecule has 0 amide bonds. The summed E-state index contributed by atoms with van der Waals surface area (Å²) in [7, 11) is 0. The molecule has 0 radical (unpaired) electrons. The van der Waals surface area contributed by atoms with Gasteiger partial charge in [-0.15, -0.1) is 0 Å². The fraction of sp³-hybridized carbons (Fsp3) is 0.238. The molecule has 8 nitrogen and oxygen atoms in total. The van der Waals surface area contributed by atoms with Gasteiger partial charge in [0.15, 0.2) is 11.6 Å². The van der Waals surface area contributed by atoms with Crippen molar-refractivity contribution in [3.05, 3.63) is 65.3 Å². The second kappa shape index (κ2) is 8.44. The Kier molecular flexibility index (Phi) is 5.35. The smallest absolute Gasteiger partial charge is 0.182 e. The van der Waals surface area contributed by atoms with Crippen LogP contribution in [-0.2, 0) is 11.3 Å². The average Bonchev–Trinajstić information content (AvgIpc) is 3.46. The number of hydrogen-bond donors (Lipinski definition) is 0. The summed E-state index contributed by atoms with van der Waals surface area (Å²) in [6.07, 6.45) is 3.05. The summed E-state index contributed by atoms with van der Waals surface area (Å²) in [5.74, 6) is 0.757. The van der Waals surface area contributed by atoms with E-state index in [9.17, 15) is 4.39 Å². The minimum atomic E-state index is -0.303. The van der Waals surface area contributed by atoms with Crippen LogP contribution in [0.1, 0.15) is 5.56 Å². The number of anilines is 1. The van der Waals surface area contributed by atoms with Crippen molar-refractivity contribution in [3.8, 4) is 22.9 Å². The zero-order chi connectivity index (χ0) is 21.2. The predicted octanol–water partition coefficient (Wildman–Crippen LogP) is 3.67. The van der Waals surface area contributed by atoms with Crippen molar-refractivity contribution in [2.45, 2.75) is 6.54 Å². The minimum Gasteiger partial charge on any atom is -0.378 e. The quantitative estimate of drug-likeness (QED) is 0.468. The van der Waals surface area contributed by atoms with E-state index in [1.807, 2.05) is 6.07 Å². The summed E-state index contributed by atoms with van der Waals surface area (Å²) in [6, 6.07) is 10.1. The summed E-state index contributed by atoms with van der Waals surface area (Å²) in [5.41, 5.74) is 2.28. The van der Waals surface area contributed by atoms with Crippen LogP contribution in [-0.4, -0.2) is 51.2 Å². The molecule has 1 aliphatic heterocycles. The second-order valence-electron chi connectivity index (χ2n) is 7.01. The number of benzene rings is 1. The first-order chi connectivity index (χ1) is 15.2. The molecule has 31 heavy (non-hydrogen) atoms. The van der Waals surface area contributed by atoms with E-state index in [0.717, 1.165) is 0 Å². The van der Waals surface area contributed by atoms with E-state index in [1.54, 1.807) is 35.1 Å². The highest BCUT2D eigenvalue weighted by molar-refractivity contribution is 6.32. The normalized spacial score (nSPS) is 14.2. The maximum Gasteiger partial charge on any atom is 0.182 e. The third-order valence-electron chi connectivity index (χ3n) is 5.02. The van der Waals surface area contributed by atoms with Crippen LogP contribution in [0.25, 0.3) is 22.9 Å². The third kappa shape index (κ3) is 4.01. The minimum absolute atomic E-state index is 0.221. The Morgan fingerprint density at radius 1 is 1.10 bits per heavy atom. The van der Waals surface area contributed by atoms with Crippen LogP contribution in [0.2, 0.25) is 5.02 Å². The number of ether oxygens (including phenoxy) is 1. The van der Waals surface area contributed by atoms with Gasteiger partial charge in [-0.2, -0.15) is 5.10 Å². The Bertz CT molecular complexity index is 1190. The molecule has 0 aliphatic carbocycles. The van der Waals surface area contributed by atoms with Crippen LogP contribution in [0.5, 0.6) is 0 Å². The standard InChI is InChI=1S/C21H18ClFN6O2/c22-15-12-24-20(25-21(15)28-6-9-30-10-7-28)18-11-19(17-5-8-31-27-17)29(26-18)13-14-3-1-2-4-16(14)23/h1-5,8,11-12H,6-7,9-10,13H2. The van der Waals surface area contributed by atoms with Crippen molar-refractivity contribution in [1.82, 2.24) is 24.9 Å². The van der Waals surface area contributed by atoms with E-state index in [1.165, 1.54) is 12.3 Å². The summed E-state index contributed by atoms with van der Waals surface area (Å²) in [4.78, 5) is 11.1. The number of aromatic nitrogens is 5. The van der Waals surface area contributed by atoms with E-state index in [2.05, 4.69) is 25.1 Å². The summed E-state index contributed by atoms with van der Waals surface area (Å²) >= 11 is 6.36. The van der Waals surface area contributed by atoms with Crippen molar-refractivity contribution in [3.63, 3.8) is 0 Å². The van der Waals surface area contributed by atoms with Crippen LogP contribution in [0.3, 0.4) is 0 Å². The Morgan fingerprint density at radius 2 is 1.94 bits per heavy atom. The SMILES string of the molecule is Fc1ccccc1Cn1nc(-c2ncc(Cl)c(N3CCOCC3)n2)cc1-c1ccon1. The molecule has 0 atom stereocenters. The van der Waals surface area contributed by atoms with Gasteiger partial charge in [0.1, 0.15) is 28.5 Å². The van der Waals surface area contributed by atoms with Gasteiger partial charge in [0.05, 0.1) is 31.6 Å². The first-order valence-corrected chi connectivity index (χ1v) is 10.1. The molecule has 1 aliphatic rings. The lowest BCUT2D eigenvalue weighted by molar-refractivity contribution is 0.122. The highest BCUT2D eigenvalue weighted by Gasteiger charge is 2.20. The molecule has 4 heterocycles. The zero-order valence-electron chi connectivity index (χ0n) is 16.4. The van der Waals surface area contributed by atoms with Gasteiger partial charge in [0.25, 0.3) is 0 Å². The molecule has 1 aromatic carbocycles. The Balaban J connectivity index is 1.55. The van der Waals surface area contributed by atoms with Crippen LogP contribution >= 0.6 is 11.6 Å². The van der Waals surface area contributed by atoms with E-state index < -0.39 is 0 Å². The lowest BCUT2D eigenvalue weighted by Gasteiger charge is -2.28. The average molecular weight is 441 g/mol. The number of rotatable bonds is 5. The van der Waals surface area contributed by atoms with Crippen molar-refractivity contribution < 1.29 is 13.7 Å². The predicted molar refractivity (Wildman–Crippen MR) is 112 cm³/mol. The molecule has 3 aromatic heterocycles. The molecule has 0 N–H and O–H groups in total. The highest BCUT2D eigenvalue weighted by Crippen LogP contribution is 2.29. The number of morpholine rings is 1. The Hall–Kier alpha value is -3.30. The van der Waals surface area contributed by atoms with Crippen molar-refractivity contribution >= 4 is 17.4 Å². The van der Waals surface area contributed by atoms with E-state index in [-0.39, 0.29) is 12.4 Å². The third-order valence-corrected chi connectivity index (χ3v) is 5.29. The molecule has 0 spiro atoms. The molecule has 10 heteroatoms. The second-order valence-corrected chi connectivity index (χ2v) is 7.42. The van der Waals surface area contributed by atoms with Gasteiger partial charge in [0, 0.05) is 24.7 Å². The number of hydrogen-bond acceptors (Lipinski definition) is 7. The Morgan fingerprint density at radius 3 is 2.71 bits per heavy atom. The summed E-state index contributed by atoms with van der Waals surface area (Å²) in [6.45, 7) is 2.84. The van der Waals surface area contributed by atoms with Crippen LogP contribution < -0.4 is 4.90 Å². The Labute approximate surface area is 182 Å². The molecular weight excluding hydrogens is 423 g/mol. The fourth-order valence-electron chi connectivity index (χ4n) is 3.46.